The molecule has 0 bridgehead atoms. The molecular weight excluding hydrogens is 190 g/mol. The van der Waals surface area contributed by atoms with Crippen LogP contribution in [0.25, 0.3) is 10.9 Å². The van der Waals surface area contributed by atoms with Crippen molar-refractivity contribution in [1.29, 1.82) is 0 Å². The van der Waals surface area contributed by atoms with Crippen LogP contribution in [0.3, 0.4) is 0 Å². The fourth-order valence-corrected chi connectivity index (χ4v) is 1.92. The lowest BCUT2D eigenvalue weighted by atomic mass is 10.1. The average molecular weight is 201 g/mol. The highest BCUT2D eigenvalue weighted by Gasteiger charge is 2.24. The molecule has 1 aliphatic rings. The number of pyridine rings is 1. The third kappa shape index (κ3) is 1.32. The molecule has 0 amide bonds. The van der Waals surface area contributed by atoms with Gasteiger partial charge in [-0.1, -0.05) is 18.2 Å². The van der Waals surface area contributed by atoms with E-state index < -0.39 is 0 Å². The van der Waals surface area contributed by atoms with Gasteiger partial charge in [-0.05, 0) is 12.1 Å². The molecule has 0 aliphatic carbocycles. The fourth-order valence-electron chi connectivity index (χ4n) is 1.92. The molecule has 3 rings (SSSR count). The molecule has 1 unspecified atom stereocenters. The number of methoxy groups -OCH3 is 1. The molecule has 0 N–H and O–H groups in total. The van der Waals surface area contributed by atoms with Crippen molar-refractivity contribution in [1.82, 2.24) is 4.98 Å². The summed E-state index contributed by atoms with van der Waals surface area (Å²) in [5, 5.41) is 1.15. The minimum absolute atomic E-state index is 0.301. The first-order valence-corrected chi connectivity index (χ1v) is 4.91. The third-order valence-electron chi connectivity index (χ3n) is 2.66. The van der Waals surface area contributed by atoms with Crippen LogP contribution in [0.5, 0.6) is 0 Å². The Kier molecular flexibility index (Phi) is 1.94. The Labute approximate surface area is 87.6 Å². The molecular formula is C12H11NO2. The summed E-state index contributed by atoms with van der Waals surface area (Å²) in [6.45, 7) is 0.589. The predicted molar refractivity (Wildman–Crippen MR) is 56.3 cm³/mol. The molecule has 2 aromatic rings. The molecule has 0 fully saturated rings. The van der Waals surface area contributed by atoms with Gasteiger partial charge in [-0.3, -0.25) is 0 Å². The van der Waals surface area contributed by atoms with Gasteiger partial charge in [-0.2, -0.15) is 0 Å². The van der Waals surface area contributed by atoms with Crippen molar-refractivity contribution in [3.8, 4) is 0 Å². The summed E-state index contributed by atoms with van der Waals surface area (Å²) in [5.41, 5.74) is 3.03. The summed E-state index contributed by atoms with van der Waals surface area (Å²) < 4.78 is 10.7. The molecule has 1 aliphatic heterocycles. The number of ether oxygens (including phenoxy) is 2. The first-order valence-electron chi connectivity index (χ1n) is 4.91. The van der Waals surface area contributed by atoms with Crippen molar-refractivity contribution in [2.75, 3.05) is 7.11 Å². The predicted octanol–water partition coefficient (Wildman–Crippen LogP) is 2.41. The van der Waals surface area contributed by atoms with Crippen LogP contribution in [0.2, 0.25) is 0 Å². The number of hydrogen-bond donors (Lipinski definition) is 0. The normalized spacial score (nSPS) is 19.4. The van der Waals surface area contributed by atoms with E-state index in [2.05, 4.69) is 17.1 Å². The van der Waals surface area contributed by atoms with Crippen LogP contribution in [-0.2, 0) is 16.1 Å². The minimum atomic E-state index is -0.301. The number of para-hydroxylation sites is 1. The summed E-state index contributed by atoms with van der Waals surface area (Å²) in [6.07, 6.45) is -0.301. The Balaban J connectivity index is 2.23. The van der Waals surface area contributed by atoms with E-state index in [1.54, 1.807) is 7.11 Å². The lowest BCUT2D eigenvalue weighted by molar-refractivity contribution is -0.119. The van der Waals surface area contributed by atoms with Crippen LogP contribution >= 0.6 is 0 Å². The lowest BCUT2D eigenvalue weighted by Gasteiger charge is -2.07. The molecule has 0 radical (unpaired) electrons. The van der Waals surface area contributed by atoms with Crippen molar-refractivity contribution in [2.45, 2.75) is 12.9 Å². The fraction of sp³-hybridized carbons (Fsp3) is 0.250. The molecule has 0 spiro atoms. The van der Waals surface area contributed by atoms with Crippen LogP contribution in [-0.4, -0.2) is 12.1 Å². The Hall–Kier alpha value is -1.45. The maximum Gasteiger partial charge on any atom is 0.201 e. The van der Waals surface area contributed by atoms with Gasteiger partial charge in [0.05, 0.1) is 12.1 Å². The summed E-state index contributed by atoms with van der Waals surface area (Å²) in [5.74, 6) is 0. The largest absolute Gasteiger partial charge is 0.350 e. The number of nitrogens with zero attached hydrogens (tertiary/aromatic N) is 1. The van der Waals surface area contributed by atoms with Gasteiger partial charge in [-0.25, -0.2) is 4.98 Å². The van der Waals surface area contributed by atoms with Crippen molar-refractivity contribution < 1.29 is 9.47 Å². The van der Waals surface area contributed by atoms with Crippen LogP contribution < -0.4 is 0 Å². The summed E-state index contributed by atoms with van der Waals surface area (Å²) >= 11 is 0. The van der Waals surface area contributed by atoms with Crippen LogP contribution in [0, 0.1) is 0 Å². The van der Waals surface area contributed by atoms with Gasteiger partial charge in [-0.15, -0.1) is 0 Å². The number of hydrogen-bond acceptors (Lipinski definition) is 3. The van der Waals surface area contributed by atoms with E-state index in [1.165, 1.54) is 0 Å². The van der Waals surface area contributed by atoms with Crippen LogP contribution in [0.1, 0.15) is 17.5 Å². The van der Waals surface area contributed by atoms with Crippen molar-refractivity contribution in [3.63, 3.8) is 0 Å². The van der Waals surface area contributed by atoms with Crippen molar-refractivity contribution in [3.05, 3.63) is 41.6 Å². The molecule has 1 atom stereocenters. The third-order valence-corrected chi connectivity index (χ3v) is 2.66. The second-order valence-electron chi connectivity index (χ2n) is 3.60. The van der Waals surface area contributed by atoms with Gasteiger partial charge in [0, 0.05) is 18.1 Å². The number of fused-ring (bicyclic) bond motifs is 2. The van der Waals surface area contributed by atoms with E-state index in [1.807, 2.05) is 18.2 Å². The summed E-state index contributed by atoms with van der Waals surface area (Å²) in [4.78, 5) is 4.56. The van der Waals surface area contributed by atoms with E-state index in [-0.39, 0.29) is 6.29 Å². The van der Waals surface area contributed by atoms with Gasteiger partial charge < -0.3 is 9.47 Å². The van der Waals surface area contributed by atoms with E-state index >= 15 is 0 Å². The Morgan fingerprint density at radius 2 is 2.27 bits per heavy atom. The van der Waals surface area contributed by atoms with E-state index in [4.69, 9.17) is 9.47 Å². The molecule has 0 saturated carbocycles. The molecule has 1 aromatic heterocycles. The number of benzene rings is 1. The Bertz CT molecular complexity index is 510. The van der Waals surface area contributed by atoms with Gasteiger partial charge >= 0.3 is 0 Å². The zero-order valence-electron chi connectivity index (χ0n) is 8.43. The van der Waals surface area contributed by atoms with Crippen molar-refractivity contribution >= 4 is 10.9 Å². The quantitative estimate of drug-likeness (QED) is 0.710. The molecule has 2 heterocycles. The van der Waals surface area contributed by atoms with Gasteiger partial charge in [0.2, 0.25) is 6.29 Å². The highest BCUT2D eigenvalue weighted by molar-refractivity contribution is 5.79. The monoisotopic (exact) mass is 201 g/mol. The van der Waals surface area contributed by atoms with Gasteiger partial charge in [0.1, 0.15) is 5.69 Å². The Morgan fingerprint density at radius 3 is 3.13 bits per heavy atom. The zero-order valence-corrected chi connectivity index (χ0v) is 8.43. The SMILES string of the molecule is COC1OCc2cc3ccccc3nc21. The number of rotatable bonds is 1. The van der Waals surface area contributed by atoms with Crippen LogP contribution in [0.15, 0.2) is 30.3 Å². The lowest BCUT2D eigenvalue weighted by Crippen LogP contribution is -2.00. The summed E-state index contributed by atoms with van der Waals surface area (Å²) in [7, 11) is 1.64. The highest BCUT2D eigenvalue weighted by Crippen LogP contribution is 2.31. The zero-order chi connectivity index (χ0) is 10.3. The van der Waals surface area contributed by atoms with E-state index in [0.717, 1.165) is 22.2 Å². The number of aromatic nitrogens is 1. The average Bonchev–Trinajstić information content (AvgIpc) is 2.68. The van der Waals surface area contributed by atoms with Crippen LogP contribution in [0.4, 0.5) is 0 Å². The second-order valence-corrected chi connectivity index (χ2v) is 3.60. The van der Waals surface area contributed by atoms with E-state index in [0.29, 0.717) is 6.61 Å². The molecule has 76 valence electrons. The van der Waals surface area contributed by atoms with Gasteiger partial charge in [0.25, 0.3) is 0 Å². The topological polar surface area (TPSA) is 31.4 Å². The smallest absolute Gasteiger partial charge is 0.201 e. The van der Waals surface area contributed by atoms with E-state index in [9.17, 15) is 0 Å². The second kappa shape index (κ2) is 3.29. The maximum atomic E-state index is 5.46. The minimum Gasteiger partial charge on any atom is -0.350 e. The summed E-state index contributed by atoms with van der Waals surface area (Å²) in [6, 6.07) is 10.2. The first kappa shape index (κ1) is 8.83. The standard InChI is InChI=1S/C12H11NO2/c1-14-12-11-9(7-15-12)6-8-4-2-3-5-10(8)13-11/h2-6,12H,7H2,1H3. The maximum absolute atomic E-state index is 5.46. The highest BCUT2D eigenvalue weighted by atomic mass is 16.7. The molecule has 3 nitrogen and oxygen atoms in total. The molecule has 15 heavy (non-hydrogen) atoms. The molecule has 0 saturated heterocycles. The van der Waals surface area contributed by atoms with Gasteiger partial charge in [0.15, 0.2) is 0 Å². The Morgan fingerprint density at radius 1 is 1.40 bits per heavy atom. The van der Waals surface area contributed by atoms with Crippen molar-refractivity contribution in [2.24, 2.45) is 0 Å². The molecule has 3 heteroatoms. The first-order chi connectivity index (χ1) is 7.38. The molecule has 1 aromatic carbocycles.